The maximum absolute atomic E-state index is 6.12. The number of rotatable bonds is 5. The molecule has 1 aromatic heterocycles. The lowest BCUT2D eigenvalue weighted by molar-refractivity contribution is 0.494. The molecule has 19 heavy (non-hydrogen) atoms. The van der Waals surface area contributed by atoms with Crippen LogP contribution >= 0.6 is 34.2 Å². The maximum atomic E-state index is 6.12. The van der Waals surface area contributed by atoms with Crippen molar-refractivity contribution < 1.29 is 4.42 Å². The van der Waals surface area contributed by atoms with Crippen LogP contribution in [-0.4, -0.2) is 17.6 Å². The van der Waals surface area contributed by atoms with E-state index in [2.05, 4.69) is 32.9 Å². The van der Waals surface area contributed by atoms with E-state index in [4.69, 9.17) is 16.0 Å². The molecule has 0 spiro atoms. The van der Waals surface area contributed by atoms with Gasteiger partial charge in [0.15, 0.2) is 11.7 Å². The lowest BCUT2D eigenvalue weighted by Gasteiger charge is -2.00. The first kappa shape index (κ1) is 13.4. The summed E-state index contributed by atoms with van der Waals surface area (Å²) in [5.74, 6) is 1.55. The fourth-order valence-electron chi connectivity index (χ4n) is 1.88. The van der Waals surface area contributed by atoms with Gasteiger partial charge in [-0.3, -0.25) is 0 Å². The van der Waals surface area contributed by atoms with E-state index >= 15 is 0 Å². The molecule has 100 valence electrons. The quantitative estimate of drug-likeness (QED) is 0.790. The van der Waals surface area contributed by atoms with E-state index in [1.165, 1.54) is 12.8 Å². The molecule has 1 N–H and O–H groups in total. The van der Waals surface area contributed by atoms with Crippen LogP contribution in [-0.2, 0) is 6.42 Å². The number of aromatic nitrogens is 1. The summed E-state index contributed by atoms with van der Waals surface area (Å²) in [7, 11) is 0. The van der Waals surface area contributed by atoms with Gasteiger partial charge < -0.3 is 9.73 Å². The van der Waals surface area contributed by atoms with Crippen molar-refractivity contribution in [3.8, 4) is 11.3 Å². The first-order valence-electron chi connectivity index (χ1n) is 6.36. The fraction of sp³-hybridized carbons (Fsp3) is 0.357. The molecule has 0 aliphatic heterocycles. The molecule has 0 radical (unpaired) electrons. The molecular formula is C14H14ClIN2O. The fourth-order valence-corrected chi connectivity index (χ4v) is 2.40. The van der Waals surface area contributed by atoms with E-state index in [-0.39, 0.29) is 0 Å². The predicted octanol–water partition coefficient (Wildman–Crippen LogP) is 3.89. The molecule has 0 atom stereocenters. The van der Waals surface area contributed by atoms with E-state index < -0.39 is 0 Å². The molecule has 0 saturated heterocycles. The molecule has 3 rings (SSSR count). The molecule has 1 aliphatic carbocycles. The van der Waals surface area contributed by atoms with Gasteiger partial charge in [-0.25, -0.2) is 4.98 Å². The van der Waals surface area contributed by atoms with E-state index in [9.17, 15) is 0 Å². The van der Waals surface area contributed by atoms with E-state index in [1.807, 2.05) is 18.2 Å². The van der Waals surface area contributed by atoms with Crippen molar-refractivity contribution >= 4 is 34.2 Å². The highest BCUT2D eigenvalue weighted by Crippen LogP contribution is 2.27. The summed E-state index contributed by atoms with van der Waals surface area (Å²) < 4.78 is 6.79. The SMILES string of the molecule is Clc1cc(-c2cnc(CCNC3CC3)o2)ccc1I. The van der Waals surface area contributed by atoms with Gasteiger partial charge in [0, 0.05) is 28.1 Å². The molecule has 1 aliphatic rings. The Morgan fingerprint density at radius 2 is 2.26 bits per heavy atom. The number of benzene rings is 1. The average molecular weight is 389 g/mol. The second kappa shape index (κ2) is 5.81. The highest BCUT2D eigenvalue weighted by Gasteiger charge is 2.20. The van der Waals surface area contributed by atoms with Crippen LogP contribution in [0.25, 0.3) is 11.3 Å². The average Bonchev–Trinajstić information content (AvgIpc) is 3.10. The van der Waals surface area contributed by atoms with Crippen LogP contribution in [0.3, 0.4) is 0 Å². The molecule has 5 heteroatoms. The monoisotopic (exact) mass is 388 g/mol. The Balaban J connectivity index is 1.67. The van der Waals surface area contributed by atoms with Crippen LogP contribution in [0.4, 0.5) is 0 Å². The van der Waals surface area contributed by atoms with Crippen molar-refractivity contribution in [1.82, 2.24) is 10.3 Å². The molecule has 3 nitrogen and oxygen atoms in total. The highest BCUT2D eigenvalue weighted by atomic mass is 127. The van der Waals surface area contributed by atoms with E-state index in [0.717, 1.165) is 44.8 Å². The number of oxazole rings is 1. The Labute approximate surface area is 130 Å². The zero-order valence-electron chi connectivity index (χ0n) is 10.3. The zero-order chi connectivity index (χ0) is 13.2. The van der Waals surface area contributed by atoms with Gasteiger partial charge >= 0.3 is 0 Å². The van der Waals surface area contributed by atoms with Crippen molar-refractivity contribution in [2.45, 2.75) is 25.3 Å². The normalized spacial score (nSPS) is 14.8. The van der Waals surface area contributed by atoms with E-state index in [0.29, 0.717) is 0 Å². The van der Waals surface area contributed by atoms with Crippen molar-refractivity contribution in [2.24, 2.45) is 0 Å². The second-order valence-corrected chi connectivity index (χ2v) is 6.29. The van der Waals surface area contributed by atoms with Gasteiger partial charge in [0.2, 0.25) is 0 Å². The Hall–Kier alpha value is -0.590. The van der Waals surface area contributed by atoms with Gasteiger partial charge in [0.1, 0.15) is 0 Å². The summed E-state index contributed by atoms with van der Waals surface area (Å²) in [6.07, 6.45) is 5.20. The van der Waals surface area contributed by atoms with Crippen LogP contribution in [0, 0.1) is 3.57 Å². The molecule has 1 saturated carbocycles. The molecule has 1 fully saturated rings. The van der Waals surface area contributed by atoms with Crippen molar-refractivity contribution in [1.29, 1.82) is 0 Å². The molecule has 0 bridgehead atoms. The Morgan fingerprint density at radius 1 is 1.42 bits per heavy atom. The maximum Gasteiger partial charge on any atom is 0.196 e. The molecular weight excluding hydrogens is 375 g/mol. The summed E-state index contributed by atoms with van der Waals surface area (Å²) in [5, 5.41) is 4.19. The van der Waals surface area contributed by atoms with Crippen molar-refractivity contribution in [3.63, 3.8) is 0 Å². The minimum absolute atomic E-state index is 0.726. The molecule has 0 unspecified atom stereocenters. The topological polar surface area (TPSA) is 38.1 Å². The van der Waals surface area contributed by atoms with Gasteiger partial charge in [0.25, 0.3) is 0 Å². The number of hydrogen-bond donors (Lipinski definition) is 1. The van der Waals surface area contributed by atoms with Crippen molar-refractivity contribution in [2.75, 3.05) is 6.54 Å². The largest absolute Gasteiger partial charge is 0.441 e. The summed E-state index contributed by atoms with van der Waals surface area (Å²) in [4.78, 5) is 4.31. The Morgan fingerprint density at radius 3 is 3.00 bits per heavy atom. The Kier molecular flexibility index (Phi) is 4.10. The Bertz CT molecular complexity index is 581. The van der Waals surface area contributed by atoms with Gasteiger partial charge in [-0.1, -0.05) is 17.7 Å². The molecule has 0 amide bonds. The van der Waals surface area contributed by atoms with Crippen LogP contribution in [0.15, 0.2) is 28.8 Å². The van der Waals surface area contributed by atoms with Gasteiger partial charge in [-0.15, -0.1) is 0 Å². The minimum atomic E-state index is 0.726. The van der Waals surface area contributed by atoms with Crippen molar-refractivity contribution in [3.05, 3.63) is 38.9 Å². The first-order valence-corrected chi connectivity index (χ1v) is 7.81. The minimum Gasteiger partial charge on any atom is -0.441 e. The predicted molar refractivity (Wildman–Crippen MR) is 84.4 cm³/mol. The zero-order valence-corrected chi connectivity index (χ0v) is 13.2. The summed E-state index contributed by atoms with van der Waals surface area (Å²) in [6, 6.07) is 6.62. The van der Waals surface area contributed by atoms with E-state index in [1.54, 1.807) is 6.20 Å². The van der Waals surface area contributed by atoms with Gasteiger partial charge in [-0.05, 0) is 47.6 Å². The number of nitrogens with zero attached hydrogens (tertiary/aromatic N) is 1. The smallest absolute Gasteiger partial charge is 0.196 e. The number of halogens is 2. The molecule has 1 aromatic carbocycles. The third kappa shape index (κ3) is 3.49. The number of hydrogen-bond acceptors (Lipinski definition) is 3. The third-order valence-electron chi connectivity index (χ3n) is 3.11. The van der Waals surface area contributed by atoms with Crippen LogP contribution < -0.4 is 5.32 Å². The lowest BCUT2D eigenvalue weighted by Crippen LogP contribution is -2.19. The van der Waals surface area contributed by atoms with Crippen LogP contribution in [0.1, 0.15) is 18.7 Å². The second-order valence-electron chi connectivity index (χ2n) is 4.73. The van der Waals surface area contributed by atoms with Gasteiger partial charge in [0.05, 0.1) is 11.2 Å². The van der Waals surface area contributed by atoms with Gasteiger partial charge in [-0.2, -0.15) is 0 Å². The summed E-state index contributed by atoms with van der Waals surface area (Å²) in [5.41, 5.74) is 0.972. The summed E-state index contributed by atoms with van der Waals surface area (Å²) in [6.45, 7) is 0.929. The van der Waals surface area contributed by atoms with Crippen LogP contribution in [0.2, 0.25) is 5.02 Å². The number of nitrogens with one attached hydrogen (secondary N) is 1. The first-order chi connectivity index (χ1) is 9.22. The van der Waals surface area contributed by atoms with Crippen LogP contribution in [0.5, 0.6) is 0 Å². The lowest BCUT2D eigenvalue weighted by atomic mass is 10.2. The molecule has 2 aromatic rings. The summed E-state index contributed by atoms with van der Waals surface area (Å²) >= 11 is 8.33. The standard InChI is InChI=1S/C14H14ClIN2O/c15-11-7-9(1-4-12(11)16)13-8-18-14(19-13)5-6-17-10-2-3-10/h1,4,7-8,10,17H,2-3,5-6H2. The molecule has 1 heterocycles. The highest BCUT2D eigenvalue weighted by molar-refractivity contribution is 14.1. The third-order valence-corrected chi connectivity index (χ3v) is 4.68.